The third-order valence-corrected chi connectivity index (χ3v) is 6.78. The van der Waals surface area contributed by atoms with Crippen molar-refractivity contribution in [2.24, 2.45) is 0 Å². The molecule has 0 saturated carbocycles. The van der Waals surface area contributed by atoms with Crippen molar-refractivity contribution in [3.63, 3.8) is 0 Å². The highest BCUT2D eigenvalue weighted by Gasteiger charge is 2.36. The first-order valence-electron chi connectivity index (χ1n) is 11.8. The first-order chi connectivity index (χ1) is 16.9. The van der Waals surface area contributed by atoms with Gasteiger partial charge in [0.1, 0.15) is 5.82 Å². The number of alkyl halides is 3. The van der Waals surface area contributed by atoms with Crippen LogP contribution in [0.5, 0.6) is 0 Å². The number of rotatable bonds is 3. The van der Waals surface area contributed by atoms with Crippen LogP contribution in [0, 0.1) is 0 Å². The maximum Gasteiger partial charge on any atom is 0.416 e. The number of hydrogen-bond acceptors (Lipinski definition) is 3. The van der Waals surface area contributed by atoms with Gasteiger partial charge < -0.3 is 19.5 Å². The summed E-state index contributed by atoms with van der Waals surface area (Å²) in [5.74, 6) is 0.602. The van der Waals surface area contributed by atoms with Crippen molar-refractivity contribution in [1.29, 1.82) is 0 Å². The Morgan fingerprint density at radius 3 is 2.31 bits per heavy atom. The van der Waals surface area contributed by atoms with Crippen LogP contribution >= 0.6 is 0 Å². The Kier molecular flexibility index (Phi) is 6.51. The molecule has 0 spiro atoms. The molecule has 2 atom stereocenters. The van der Waals surface area contributed by atoms with Gasteiger partial charge in [-0.25, -0.2) is 9.78 Å². The first-order valence-corrected chi connectivity index (χ1v) is 11.8. The van der Waals surface area contributed by atoms with E-state index in [-0.39, 0.29) is 17.9 Å². The molecule has 2 amide bonds. The molecule has 0 bridgehead atoms. The summed E-state index contributed by atoms with van der Waals surface area (Å²) in [4.78, 5) is 25.0. The lowest BCUT2D eigenvalue weighted by Gasteiger charge is -2.40. The van der Waals surface area contributed by atoms with E-state index in [1.165, 1.54) is 12.1 Å². The van der Waals surface area contributed by atoms with Crippen LogP contribution in [0.15, 0.2) is 60.8 Å². The summed E-state index contributed by atoms with van der Waals surface area (Å²) < 4.78 is 44.6. The van der Waals surface area contributed by atoms with Crippen molar-refractivity contribution in [1.82, 2.24) is 19.8 Å². The number of likely N-dealkylation sites (tertiary alicyclic amines) is 1. The molecule has 2 fully saturated rings. The average Bonchev–Trinajstić information content (AvgIpc) is 3.39. The second kappa shape index (κ2) is 9.73. The van der Waals surface area contributed by atoms with E-state index >= 15 is 0 Å². The highest BCUT2D eigenvalue weighted by molar-refractivity contribution is 5.75. The lowest BCUT2D eigenvalue weighted by atomic mass is 9.84. The van der Waals surface area contributed by atoms with Crippen LogP contribution in [0.25, 0.3) is 11.3 Å². The van der Waals surface area contributed by atoms with Gasteiger partial charge in [0.05, 0.1) is 30.7 Å². The van der Waals surface area contributed by atoms with Crippen LogP contribution in [0.4, 0.5) is 18.0 Å². The predicted molar refractivity (Wildman–Crippen MR) is 125 cm³/mol. The smallest absolute Gasteiger partial charge is 0.378 e. The Morgan fingerprint density at radius 2 is 1.63 bits per heavy atom. The van der Waals surface area contributed by atoms with Gasteiger partial charge in [0, 0.05) is 38.0 Å². The van der Waals surface area contributed by atoms with Crippen LogP contribution < -0.4 is 0 Å². The Labute approximate surface area is 201 Å². The Hall–Kier alpha value is -3.33. The van der Waals surface area contributed by atoms with Gasteiger partial charge in [0.25, 0.3) is 0 Å². The van der Waals surface area contributed by atoms with Gasteiger partial charge in [-0.3, -0.25) is 0 Å². The molecule has 1 N–H and O–H groups in total. The SMILES string of the molecule is O=C(N1CCOCC1)N1CC(c2ccc(C(F)(F)F)cc2)CC(c2ncc(-c3ccccc3)[nH]2)C1. The summed E-state index contributed by atoms with van der Waals surface area (Å²) in [5.41, 5.74) is 2.02. The fraction of sp³-hybridized carbons (Fsp3) is 0.385. The summed E-state index contributed by atoms with van der Waals surface area (Å²) in [5, 5.41) is 0. The van der Waals surface area contributed by atoms with E-state index in [0.717, 1.165) is 34.8 Å². The summed E-state index contributed by atoms with van der Waals surface area (Å²) in [7, 11) is 0. The number of imidazole rings is 1. The van der Waals surface area contributed by atoms with Crippen LogP contribution in [0.1, 0.15) is 35.2 Å². The lowest BCUT2D eigenvalue weighted by Crippen LogP contribution is -2.52. The maximum absolute atomic E-state index is 13.3. The molecule has 3 aromatic rings. The number of urea groups is 1. The molecule has 2 aliphatic rings. The number of benzene rings is 2. The third kappa shape index (κ3) is 5.19. The number of aromatic nitrogens is 2. The third-order valence-electron chi connectivity index (χ3n) is 6.78. The number of amides is 2. The number of carbonyl (C=O) groups is 1. The minimum atomic E-state index is -4.38. The quantitative estimate of drug-likeness (QED) is 0.561. The van der Waals surface area contributed by atoms with Crippen molar-refractivity contribution in [2.45, 2.75) is 24.4 Å². The van der Waals surface area contributed by atoms with E-state index in [9.17, 15) is 18.0 Å². The van der Waals surface area contributed by atoms with Gasteiger partial charge in [-0.2, -0.15) is 13.2 Å². The van der Waals surface area contributed by atoms with Crippen molar-refractivity contribution >= 4 is 6.03 Å². The number of carbonyl (C=O) groups excluding carboxylic acids is 1. The number of H-pyrrole nitrogens is 1. The monoisotopic (exact) mass is 484 g/mol. The molecule has 0 radical (unpaired) electrons. The predicted octanol–water partition coefficient (Wildman–Crippen LogP) is 5.12. The zero-order chi connectivity index (χ0) is 24.4. The van der Waals surface area contributed by atoms with Gasteiger partial charge in [-0.15, -0.1) is 0 Å². The summed E-state index contributed by atoms with van der Waals surface area (Å²) >= 11 is 0. The van der Waals surface area contributed by atoms with Crippen molar-refractivity contribution in [2.75, 3.05) is 39.4 Å². The van der Waals surface area contributed by atoms with E-state index in [1.54, 1.807) is 11.1 Å². The molecule has 2 aliphatic heterocycles. The number of nitrogens with one attached hydrogen (secondary N) is 1. The van der Waals surface area contributed by atoms with Crippen molar-refractivity contribution in [3.05, 3.63) is 77.7 Å². The van der Waals surface area contributed by atoms with Gasteiger partial charge in [-0.1, -0.05) is 42.5 Å². The Balaban J connectivity index is 1.41. The maximum atomic E-state index is 13.3. The summed E-state index contributed by atoms with van der Waals surface area (Å²) in [6.07, 6.45) is -1.91. The van der Waals surface area contributed by atoms with Gasteiger partial charge >= 0.3 is 12.2 Å². The molecule has 0 aliphatic carbocycles. The lowest BCUT2D eigenvalue weighted by molar-refractivity contribution is -0.137. The van der Waals surface area contributed by atoms with Crippen LogP contribution in [-0.2, 0) is 10.9 Å². The molecular weight excluding hydrogens is 457 g/mol. The zero-order valence-corrected chi connectivity index (χ0v) is 19.2. The van der Waals surface area contributed by atoms with E-state index < -0.39 is 11.7 Å². The van der Waals surface area contributed by atoms with Crippen LogP contribution in [-0.4, -0.2) is 65.2 Å². The van der Waals surface area contributed by atoms with E-state index in [2.05, 4.69) is 9.97 Å². The molecule has 3 heterocycles. The number of hydrogen-bond donors (Lipinski definition) is 1. The number of morpholine rings is 1. The molecule has 1 aromatic heterocycles. The number of aromatic amines is 1. The fourth-order valence-electron chi connectivity index (χ4n) is 4.90. The normalized spacial score (nSPS) is 21.2. The van der Waals surface area contributed by atoms with E-state index in [1.807, 2.05) is 35.2 Å². The Bertz CT molecular complexity index is 1140. The van der Waals surface area contributed by atoms with Gasteiger partial charge in [0.15, 0.2) is 0 Å². The number of piperidine rings is 1. The van der Waals surface area contributed by atoms with E-state index in [4.69, 9.17) is 4.74 Å². The number of nitrogens with zero attached hydrogens (tertiary/aromatic N) is 3. The summed E-state index contributed by atoms with van der Waals surface area (Å²) in [6, 6.07) is 15.1. The number of halogens is 3. The summed E-state index contributed by atoms with van der Waals surface area (Å²) in [6.45, 7) is 3.01. The fourth-order valence-corrected chi connectivity index (χ4v) is 4.90. The molecule has 35 heavy (non-hydrogen) atoms. The molecule has 2 saturated heterocycles. The second-order valence-corrected chi connectivity index (χ2v) is 9.08. The molecule has 5 rings (SSSR count). The second-order valence-electron chi connectivity index (χ2n) is 9.08. The minimum absolute atomic E-state index is 0.0650. The molecule has 6 nitrogen and oxygen atoms in total. The molecule has 2 aromatic carbocycles. The van der Waals surface area contributed by atoms with Crippen molar-refractivity contribution < 1.29 is 22.7 Å². The number of ether oxygens (including phenoxy) is 1. The molecule has 184 valence electrons. The minimum Gasteiger partial charge on any atom is -0.378 e. The van der Waals surface area contributed by atoms with Crippen LogP contribution in [0.2, 0.25) is 0 Å². The van der Waals surface area contributed by atoms with Crippen LogP contribution in [0.3, 0.4) is 0 Å². The van der Waals surface area contributed by atoms with Gasteiger partial charge in [-0.05, 0) is 29.7 Å². The van der Waals surface area contributed by atoms with Gasteiger partial charge in [0.2, 0.25) is 0 Å². The van der Waals surface area contributed by atoms with Crippen molar-refractivity contribution in [3.8, 4) is 11.3 Å². The molecule has 2 unspecified atom stereocenters. The topological polar surface area (TPSA) is 61.5 Å². The average molecular weight is 485 g/mol. The highest BCUT2D eigenvalue weighted by atomic mass is 19.4. The first kappa shape index (κ1) is 23.4. The highest BCUT2D eigenvalue weighted by Crippen LogP contribution is 2.37. The largest absolute Gasteiger partial charge is 0.416 e. The molecular formula is C26H27F3N4O2. The Morgan fingerprint density at radius 1 is 0.943 bits per heavy atom. The van der Waals surface area contributed by atoms with E-state index in [0.29, 0.717) is 45.8 Å². The molecule has 9 heteroatoms. The zero-order valence-electron chi connectivity index (χ0n) is 19.2. The standard InChI is InChI=1S/C26H27F3N4O2/c27-26(28,29)22-8-6-18(7-9-22)20-14-21(17-33(16-20)25(34)32-10-12-35-13-11-32)24-30-15-23(31-24)19-4-2-1-3-5-19/h1-9,15,20-21H,10-14,16-17H2,(H,30,31).